The Morgan fingerprint density at radius 1 is 0.811 bits per heavy atom. The Balaban J connectivity index is 1.03. The van der Waals surface area contributed by atoms with E-state index in [4.69, 9.17) is 24.3 Å². The molecule has 5 aromatic rings. The Hall–Kier alpha value is -5.12. The highest BCUT2D eigenvalue weighted by molar-refractivity contribution is 5.96. The fourth-order valence-electron chi connectivity index (χ4n) is 7.48. The lowest BCUT2D eigenvalue weighted by molar-refractivity contribution is 0.0104. The lowest BCUT2D eigenvalue weighted by Gasteiger charge is -2.39. The van der Waals surface area contributed by atoms with Gasteiger partial charge in [-0.25, -0.2) is 9.18 Å². The third kappa shape index (κ3) is 8.75. The van der Waals surface area contributed by atoms with Crippen molar-refractivity contribution in [1.29, 1.82) is 0 Å². The highest BCUT2D eigenvalue weighted by Crippen LogP contribution is 2.38. The van der Waals surface area contributed by atoms with Crippen LogP contribution in [0.15, 0.2) is 91.0 Å². The minimum atomic E-state index is -0.859. The highest BCUT2D eigenvalue weighted by Gasteiger charge is 2.36. The van der Waals surface area contributed by atoms with Crippen LogP contribution < -0.4 is 14.4 Å². The summed E-state index contributed by atoms with van der Waals surface area (Å²) in [4.78, 5) is 21.4. The van der Waals surface area contributed by atoms with Gasteiger partial charge in [-0.1, -0.05) is 60.7 Å². The summed E-state index contributed by atoms with van der Waals surface area (Å²) in [6.45, 7) is 9.06. The maximum Gasteiger partial charge on any atom is 0.410 e. The number of ether oxygens (including phenoxy) is 3. The normalized spacial score (nSPS) is 16.5. The van der Waals surface area contributed by atoms with Crippen LogP contribution in [0.4, 0.5) is 14.9 Å². The molecule has 2 saturated heterocycles. The van der Waals surface area contributed by atoms with Crippen LogP contribution in [-0.4, -0.2) is 63.7 Å². The first-order chi connectivity index (χ1) is 25.6. The van der Waals surface area contributed by atoms with Crippen molar-refractivity contribution in [3.63, 3.8) is 0 Å². The standard InChI is InChI=1S/C43H50FN5O4/c1-43(2,3)53-42(50)49-25-21-33(22-26-49)39(44)32-19-23-48(24-20-32)34-15-16-35-37(27-34)47(4)46-40(35)36-17-18-38(51-28-30-11-7-5-8-12-30)45-41(36)52-29-31-13-9-6-10-14-31/h5-18,27,32-33,39H,19-26,28-29H2,1-4H3/t39-/m0/s1. The number of piperidine rings is 2. The lowest BCUT2D eigenvalue weighted by Crippen LogP contribution is -2.45. The van der Waals surface area contributed by atoms with Crippen molar-refractivity contribution in [3.05, 3.63) is 102 Å². The number of fused-ring (bicyclic) bond motifs is 1. The molecule has 0 N–H and O–H groups in total. The third-order valence-corrected chi connectivity index (χ3v) is 10.4. The number of aryl methyl sites for hydroxylation is 1. The Morgan fingerprint density at radius 3 is 2.04 bits per heavy atom. The molecule has 0 saturated carbocycles. The number of anilines is 1. The Labute approximate surface area is 311 Å². The van der Waals surface area contributed by atoms with E-state index in [1.807, 2.05) is 105 Å². The van der Waals surface area contributed by atoms with Crippen molar-refractivity contribution in [2.75, 3.05) is 31.1 Å². The van der Waals surface area contributed by atoms with Crippen LogP contribution in [0.1, 0.15) is 57.6 Å². The van der Waals surface area contributed by atoms with Gasteiger partial charge in [-0.05, 0) is 93.7 Å². The van der Waals surface area contributed by atoms with Gasteiger partial charge in [-0.2, -0.15) is 10.1 Å². The van der Waals surface area contributed by atoms with Crippen LogP contribution in [0.3, 0.4) is 0 Å². The molecule has 1 atom stereocenters. The number of rotatable bonds is 10. The first kappa shape index (κ1) is 36.2. The van der Waals surface area contributed by atoms with Crippen molar-refractivity contribution in [3.8, 4) is 23.0 Å². The zero-order chi connectivity index (χ0) is 37.0. The SMILES string of the molecule is Cn1nc(-c2ccc(OCc3ccccc3)nc2OCc2ccccc2)c2ccc(N3CCC([C@H](F)C4CCN(C(=O)OC(C)(C)C)CC4)CC3)cc21. The molecule has 0 bridgehead atoms. The third-order valence-electron chi connectivity index (χ3n) is 10.4. The van der Waals surface area contributed by atoms with E-state index in [9.17, 15) is 4.79 Å². The Bertz CT molecular complexity index is 1980. The number of hydrogen-bond acceptors (Lipinski definition) is 7. The number of hydrogen-bond donors (Lipinski definition) is 0. The molecule has 4 heterocycles. The van der Waals surface area contributed by atoms with Gasteiger partial charge in [-0.3, -0.25) is 4.68 Å². The van der Waals surface area contributed by atoms with Gasteiger partial charge in [0.15, 0.2) is 0 Å². The average Bonchev–Trinajstić information content (AvgIpc) is 3.51. The minimum absolute atomic E-state index is 0.0185. The van der Waals surface area contributed by atoms with Gasteiger partial charge < -0.3 is 24.0 Å². The van der Waals surface area contributed by atoms with Crippen molar-refractivity contribution in [1.82, 2.24) is 19.7 Å². The maximum absolute atomic E-state index is 15.9. The van der Waals surface area contributed by atoms with Gasteiger partial charge in [0, 0.05) is 50.4 Å². The molecular formula is C43H50FN5O4. The zero-order valence-electron chi connectivity index (χ0n) is 31.2. The number of amides is 1. The van der Waals surface area contributed by atoms with Gasteiger partial charge in [0.1, 0.15) is 30.7 Å². The second-order valence-electron chi connectivity index (χ2n) is 15.3. The molecule has 10 heteroatoms. The zero-order valence-corrected chi connectivity index (χ0v) is 31.2. The number of nitrogens with zero attached hydrogens (tertiary/aromatic N) is 5. The number of benzene rings is 3. The number of halogens is 1. The Kier molecular flexibility index (Phi) is 10.8. The predicted molar refractivity (Wildman–Crippen MR) is 206 cm³/mol. The van der Waals surface area contributed by atoms with Crippen LogP contribution in [-0.2, 0) is 25.0 Å². The molecule has 7 rings (SSSR count). The quantitative estimate of drug-likeness (QED) is 0.143. The summed E-state index contributed by atoms with van der Waals surface area (Å²) in [5, 5.41) is 5.96. The van der Waals surface area contributed by atoms with E-state index in [2.05, 4.69) is 23.1 Å². The molecule has 9 nitrogen and oxygen atoms in total. The van der Waals surface area contributed by atoms with Gasteiger partial charge in [0.2, 0.25) is 11.8 Å². The monoisotopic (exact) mass is 719 g/mol. The molecule has 0 aliphatic carbocycles. The number of aromatic nitrogens is 3. The van der Waals surface area contributed by atoms with E-state index in [-0.39, 0.29) is 17.9 Å². The smallest absolute Gasteiger partial charge is 0.410 e. The summed E-state index contributed by atoms with van der Waals surface area (Å²) < 4.78 is 35.7. The molecule has 0 spiro atoms. The molecule has 0 radical (unpaired) electrons. The van der Waals surface area contributed by atoms with E-state index in [0.717, 1.165) is 64.9 Å². The molecule has 2 fully saturated rings. The molecule has 2 aliphatic rings. The second kappa shape index (κ2) is 15.9. The van der Waals surface area contributed by atoms with E-state index < -0.39 is 11.8 Å². The molecule has 0 unspecified atom stereocenters. The van der Waals surface area contributed by atoms with Crippen molar-refractivity contribution in [2.45, 2.75) is 71.4 Å². The van der Waals surface area contributed by atoms with Crippen LogP contribution in [0.25, 0.3) is 22.2 Å². The predicted octanol–water partition coefficient (Wildman–Crippen LogP) is 8.99. The van der Waals surface area contributed by atoms with Crippen LogP contribution in [0.2, 0.25) is 0 Å². The van der Waals surface area contributed by atoms with E-state index in [1.54, 1.807) is 4.90 Å². The van der Waals surface area contributed by atoms with Crippen LogP contribution in [0.5, 0.6) is 11.8 Å². The van der Waals surface area contributed by atoms with Crippen molar-refractivity contribution >= 4 is 22.7 Å². The maximum atomic E-state index is 15.9. The van der Waals surface area contributed by atoms with E-state index >= 15 is 4.39 Å². The van der Waals surface area contributed by atoms with E-state index in [0.29, 0.717) is 50.9 Å². The number of likely N-dealkylation sites (tertiary alicyclic amines) is 1. The minimum Gasteiger partial charge on any atom is -0.473 e. The molecule has 278 valence electrons. The van der Waals surface area contributed by atoms with Crippen molar-refractivity contribution < 1.29 is 23.4 Å². The molecule has 1 amide bonds. The average molecular weight is 720 g/mol. The molecule has 53 heavy (non-hydrogen) atoms. The molecular weight excluding hydrogens is 670 g/mol. The summed E-state index contributed by atoms with van der Waals surface area (Å²) >= 11 is 0. The topological polar surface area (TPSA) is 82.0 Å². The summed E-state index contributed by atoms with van der Waals surface area (Å²) in [6.07, 6.45) is 1.80. The number of pyridine rings is 1. The van der Waals surface area contributed by atoms with Crippen LogP contribution >= 0.6 is 0 Å². The van der Waals surface area contributed by atoms with Gasteiger partial charge in [0.05, 0.1) is 11.1 Å². The second-order valence-corrected chi connectivity index (χ2v) is 15.3. The Morgan fingerprint density at radius 2 is 1.42 bits per heavy atom. The first-order valence-electron chi connectivity index (χ1n) is 18.8. The molecule has 2 aromatic heterocycles. The van der Waals surface area contributed by atoms with Gasteiger partial charge >= 0.3 is 6.09 Å². The number of alkyl halides is 1. The largest absolute Gasteiger partial charge is 0.473 e. The summed E-state index contributed by atoms with van der Waals surface area (Å²) in [6, 6.07) is 30.3. The lowest BCUT2D eigenvalue weighted by atomic mass is 9.81. The summed E-state index contributed by atoms with van der Waals surface area (Å²) in [5.41, 5.74) is 5.25. The fraction of sp³-hybridized carbons (Fsp3) is 0.419. The van der Waals surface area contributed by atoms with E-state index in [1.165, 1.54) is 0 Å². The highest BCUT2D eigenvalue weighted by atomic mass is 19.1. The van der Waals surface area contributed by atoms with Gasteiger partial charge in [0.25, 0.3) is 0 Å². The van der Waals surface area contributed by atoms with Crippen LogP contribution in [0, 0.1) is 11.8 Å². The first-order valence-corrected chi connectivity index (χ1v) is 18.8. The number of carbonyl (C=O) groups excluding carboxylic acids is 1. The fourth-order valence-corrected chi connectivity index (χ4v) is 7.48. The summed E-state index contributed by atoms with van der Waals surface area (Å²) in [5.74, 6) is 0.947. The van der Waals surface area contributed by atoms with Crippen molar-refractivity contribution in [2.24, 2.45) is 18.9 Å². The molecule has 3 aromatic carbocycles. The number of carbonyl (C=O) groups is 1. The summed E-state index contributed by atoms with van der Waals surface area (Å²) in [7, 11) is 1.96. The van der Waals surface area contributed by atoms with Gasteiger partial charge in [-0.15, -0.1) is 0 Å². The molecule has 2 aliphatic heterocycles.